The van der Waals surface area contributed by atoms with Crippen LogP contribution in [0.25, 0.3) is 0 Å². The molecule has 1 rings (SSSR count). The van der Waals surface area contributed by atoms with Crippen LogP contribution in [0.1, 0.15) is 5.56 Å². The Kier molecular flexibility index (Phi) is 5.98. The minimum atomic E-state index is -0.301. The van der Waals surface area contributed by atoms with Crippen molar-refractivity contribution in [2.24, 2.45) is 0 Å². The SMILES string of the molecule is C=CCNC(=O)COc1c(Cl)cc(Cl)cc1CO. The van der Waals surface area contributed by atoms with Crippen molar-refractivity contribution in [1.29, 1.82) is 0 Å². The van der Waals surface area contributed by atoms with E-state index < -0.39 is 0 Å². The summed E-state index contributed by atoms with van der Waals surface area (Å²) in [6.07, 6.45) is 1.56. The van der Waals surface area contributed by atoms with E-state index in [1.807, 2.05) is 0 Å². The lowest BCUT2D eigenvalue weighted by Crippen LogP contribution is -2.29. The van der Waals surface area contributed by atoms with Gasteiger partial charge in [0.1, 0.15) is 5.75 Å². The molecule has 0 aliphatic rings. The first-order valence-corrected chi connectivity index (χ1v) is 5.93. The molecule has 0 heterocycles. The standard InChI is InChI=1S/C12H13Cl2NO3/c1-2-3-15-11(17)7-18-12-8(6-16)4-9(13)5-10(12)14/h2,4-5,16H,1,3,6-7H2,(H,15,17). The lowest BCUT2D eigenvalue weighted by molar-refractivity contribution is -0.122. The third kappa shape index (κ3) is 4.22. The second-order valence-corrected chi connectivity index (χ2v) is 4.26. The average Bonchev–Trinajstić information content (AvgIpc) is 2.34. The van der Waals surface area contributed by atoms with Gasteiger partial charge in [-0.2, -0.15) is 0 Å². The predicted octanol–water partition coefficient (Wildman–Crippen LogP) is 2.17. The molecule has 4 nitrogen and oxygen atoms in total. The monoisotopic (exact) mass is 289 g/mol. The third-order valence-corrected chi connectivity index (χ3v) is 2.55. The number of aliphatic hydroxyl groups excluding tert-OH is 1. The molecule has 0 bridgehead atoms. The van der Waals surface area contributed by atoms with Gasteiger partial charge in [0.15, 0.2) is 6.61 Å². The second-order valence-electron chi connectivity index (χ2n) is 3.42. The smallest absolute Gasteiger partial charge is 0.258 e. The van der Waals surface area contributed by atoms with Crippen LogP contribution in [0.3, 0.4) is 0 Å². The predicted molar refractivity (Wildman–Crippen MR) is 71.1 cm³/mol. The molecule has 1 aromatic carbocycles. The van der Waals surface area contributed by atoms with E-state index in [4.69, 9.17) is 33.0 Å². The van der Waals surface area contributed by atoms with Crippen molar-refractivity contribution in [3.8, 4) is 5.75 Å². The summed E-state index contributed by atoms with van der Waals surface area (Å²) in [5.41, 5.74) is 0.434. The maximum absolute atomic E-state index is 11.3. The first kappa shape index (κ1) is 14.8. The molecule has 0 atom stereocenters. The number of hydrogen-bond donors (Lipinski definition) is 2. The normalized spacial score (nSPS) is 9.94. The Morgan fingerprint density at radius 1 is 1.50 bits per heavy atom. The van der Waals surface area contributed by atoms with Crippen molar-refractivity contribution in [3.63, 3.8) is 0 Å². The first-order chi connectivity index (χ1) is 8.58. The van der Waals surface area contributed by atoms with Gasteiger partial charge >= 0.3 is 0 Å². The van der Waals surface area contributed by atoms with Crippen LogP contribution in [0.5, 0.6) is 5.75 Å². The number of carbonyl (C=O) groups excluding carboxylic acids is 1. The van der Waals surface area contributed by atoms with Crippen LogP contribution in [0, 0.1) is 0 Å². The molecule has 0 aliphatic heterocycles. The van der Waals surface area contributed by atoms with E-state index in [9.17, 15) is 4.79 Å². The van der Waals surface area contributed by atoms with Gasteiger partial charge in [-0.15, -0.1) is 6.58 Å². The Labute approximate surface area is 115 Å². The molecule has 0 aliphatic carbocycles. The molecule has 0 saturated carbocycles. The van der Waals surface area contributed by atoms with Crippen LogP contribution in [0.2, 0.25) is 10.0 Å². The number of aliphatic hydroxyl groups is 1. The van der Waals surface area contributed by atoms with Crippen molar-refractivity contribution in [2.45, 2.75) is 6.61 Å². The van der Waals surface area contributed by atoms with Crippen molar-refractivity contribution >= 4 is 29.1 Å². The quantitative estimate of drug-likeness (QED) is 0.789. The Bertz CT molecular complexity index is 449. The molecule has 2 N–H and O–H groups in total. The molecule has 0 fully saturated rings. The largest absolute Gasteiger partial charge is 0.482 e. The highest BCUT2D eigenvalue weighted by Gasteiger charge is 2.11. The summed E-state index contributed by atoms with van der Waals surface area (Å²) in [6.45, 7) is 3.38. The fraction of sp³-hybridized carbons (Fsp3) is 0.250. The molecular weight excluding hydrogens is 277 g/mol. The Hall–Kier alpha value is -1.23. The average molecular weight is 290 g/mol. The van der Waals surface area contributed by atoms with Gasteiger partial charge in [0.25, 0.3) is 5.91 Å². The number of carbonyl (C=O) groups is 1. The van der Waals surface area contributed by atoms with E-state index in [1.165, 1.54) is 12.1 Å². The number of rotatable bonds is 6. The molecule has 18 heavy (non-hydrogen) atoms. The van der Waals surface area contributed by atoms with Crippen LogP contribution in [-0.4, -0.2) is 24.2 Å². The summed E-state index contributed by atoms with van der Waals surface area (Å²) in [5.74, 6) is -0.0397. The summed E-state index contributed by atoms with van der Waals surface area (Å²) in [5, 5.41) is 12.4. The van der Waals surface area contributed by atoms with Crippen molar-refractivity contribution < 1.29 is 14.6 Å². The van der Waals surface area contributed by atoms with Crippen molar-refractivity contribution in [3.05, 3.63) is 40.4 Å². The van der Waals surface area contributed by atoms with Gasteiger partial charge in [-0.1, -0.05) is 29.3 Å². The second kappa shape index (κ2) is 7.26. The summed E-state index contributed by atoms with van der Waals surface area (Å²) >= 11 is 11.7. The molecule has 0 spiro atoms. The number of ether oxygens (including phenoxy) is 1. The Balaban J connectivity index is 2.72. The van der Waals surface area contributed by atoms with Gasteiger partial charge in [-0.3, -0.25) is 4.79 Å². The minimum Gasteiger partial charge on any atom is -0.482 e. The number of amides is 1. The maximum atomic E-state index is 11.3. The van der Waals surface area contributed by atoms with Crippen molar-refractivity contribution in [2.75, 3.05) is 13.2 Å². The molecule has 98 valence electrons. The van der Waals surface area contributed by atoms with E-state index in [0.717, 1.165) is 0 Å². The first-order valence-electron chi connectivity index (χ1n) is 5.17. The van der Waals surface area contributed by atoms with Crippen LogP contribution in [0.15, 0.2) is 24.8 Å². The Morgan fingerprint density at radius 3 is 2.83 bits per heavy atom. The Morgan fingerprint density at radius 2 is 2.22 bits per heavy atom. The highest BCUT2D eigenvalue weighted by Crippen LogP contribution is 2.32. The van der Waals surface area contributed by atoms with Gasteiger partial charge in [0, 0.05) is 17.1 Å². The van der Waals surface area contributed by atoms with E-state index in [-0.39, 0.29) is 29.9 Å². The zero-order valence-corrected chi connectivity index (χ0v) is 11.1. The van der Waals surface area contributed by atoms with Crippen LogP contribution in [-0.2, 0) is 11.4 Å². The highest BCUT2D eigenvalue weighted by molar-refractivity contribution is 6.35. The topological polar surface area (TPSA) is 58.6 Å². The van der Waals surface area contributed by atoms with E-state index >= 15 is 0 Å². The van der Waals surface area contributed by atoms with Gasteiger partial charge < -0.3 is 15.2 Å². The number of benzene rings is 1. The van der Waals surface area contributed by atoms with Gasteiger partial charge in [-0.25, -0.2) is 0 Å². The molecule has 0 aromatic heterocycles. The van der Waals surface area contributed by atoms with Gasteiger partial charge in [-0.05, 0) is 12.1 Å². The molecular formula is C12H13Cl2NO3. The molecule has 0 unspecified atom stereocenters. The fourth-order valence-corrected chi connectivity index (χ4v) is 1.86. The molecule has 6 heteroatoms. The van der Waals surface area contributed by atoms with Gasteiger partial charge in [0.2, 0.25) is 0 Å². The van der Waals surface area contributed by atoms with E-state index in [0.29, 0.717) is 17.1 Å². The summed E-state index contributed by atoms with van der Waals surface area (Å²) in [4.78, 5) is 11.3. The lowest BCUT2D eigenvalue weighted by atomic mass is 10.2. The zero-order valence-electron chi connectivity index (χ0n) is 9.58. The lowest BCUT2D eigenvalue weighted by Gasteiger charge is -2.12. The third-order valence-electron chi connectivity index (χ3n) is 2.05. The number of nitrogens with one attached hydrogen (secondary N) is 1. The zero-order chi connectivity index (χ0) is 13.5. The molecule has 1 aromatic rings. The van der Waals surface area contributed by atoms with Crippen LogP contribution < -0.4 is 10.1 Å². The van der Waals surface area contributed by atoms with Gasteiger partial charge in [0.05, 0.1) is 11.6 Å². The van der Waals surface area contributed by atoms with E-state index in [1.54, 1.807) is 6.08 Å². The van der Waals surface area contributed by atoms with Crippen LogP contribution in [0.4, 0.5) is 0 Å². The number of halogens is 2. The summed E-state index contributed by atoms with van der Waals surface area (Å²) in [6, 6.07) is 3.02. The van der Waals surface area contributed by atoms with E-state index in [2.05, 4.69) is 11.9 Å². The summed E-state index contributed by atoms with van der Waals surface area (Å²) < 4.78 is 5.28. The minimum absolute atomic E-state index is 0.192. The molecule has 0 saturated heterocycles. The van der Waals surface area contributed by atoms with Crippen LogP contribution >= 0.6 is 23.2 Å². The fourth-order valence-electron chi connectivity index (χ4n) is 1.27. The summed E-state index contributed by atoms with van der Waals surface area (Å²) in [7, 11) is 0. The highest BCUT2D eigenvalue weighted by atomic mass is 35.5. The molecule has 1 amide bonds. The molecule has 0 radical (unpaired) electrons. The number of hydrogen-bond acceptors (Lipinski definition) is 3. The van der Waals surface area contributed by atoms with Crippen molar-refractivity contribution in [1.82, 2.24) is 5.32 Å². The maximum Gasteiger partial charge on any atom is 0.258 e.